The Bertz CT molecular complexity index is 1160. The van der Waals surface area contributed by atoms with Crippen LogP contribution in [0.1, 0.15) is 142 Å². The van der Waals surface area contributed by atoms with E-state index >= 15 is 0 Å². The van der Waals surface area contributed by atoms with Crippen molar-refractivity contribution in [3.05, 3.63) is 97.2 Å². The van der Waals surface area contributed by atoms with Crippen LogP contribution in [0.25, 0.3) is 0 Å². The van der Waals surface area contributed by atoms with Crippen LogP contribution in [0.5, 0.6) is 0 Å². The normalized spacial score (nSPS) is 13.5. The minimum Gasteiger partial charge on any atom is -0.462 e. The van der Waals surface area contributed by atoms with E-state index < -0.39 is 32.5 Å². The van der Waals surface area contributed by atoms with Crippen LogP contribution in [-0.4, -0.2) is 41.0 Å². The molecule has 0 heterocycles. The van der Waals surface area contributed by atoms with Crippen molar-refractivity contribution >= 4 is 19.8 Å². The first-order chi connectivity index (χ1) is 25.3. The molecule has 0 aliphatic rings. The van der Waals surface area contributed by atoms with Gasteiger partial charge in [0.25, 0.3) is 0 Å². The second-order valence-electron chi connectivity index (χ2n) is 12.5. The number of ether oxygens (including phenoxy) is 2. The van der Waals surface area contributed by atoms with Gasteiger partial charge in [-0.15, -0.1) is 0 Å². The summed E-state index contributed by atoms with van der Waals surface area (Å²) >= 11 is 0. The van der Waals surface area contributed by atoms with E-state index in [-0.39, 0.29) is 19.4 Å². The van der Waals surface area contributed by atoms with E-state index in [1.165, 1.54) is 0 Å². The Morgan fingerprint density at radius 2 is 0.865 bits per heavy atom. The minimum atomic E-state index is -4.77. The van der Waals surface area contributed by atoms with Crippen molar-refractivity contribution in [1.82, 2.24) is 0 Å². The van der Waals surface area contributed by atoms with Gasteiger partial charge >= 0.3 is 19.8 Å². The van der Waals surface area contributed by atoms with Crippen molar-refractivity contribution in [3.8, 4) is 0 Å². The predicted octanol–water partition coefficient (Wildman–Crippen LogP) is 11.8. The van der Waals surface area contributed by atoms with Gasteiger partial charge < -0.3 is 19.3 Å². The fourth-order valence-corrected chi connectivity index (χ4v) is 5.13. The highest BCUT2D eigenvalue weighted by molar-refractivity contribution is 7.46. The van der Waals surface area contributed by atoms with E-state index in [9.17, 15) is 14.2 Å². The van der Waals surface area contributed by atoms with Gasteiger partial charge in [0, 0.05) is 12.8 Å². The Balaban J connectivity index is 4.07. The van der Waals surface area contributed by atoms with E-state index in [1.807, 2.05) is 0 Å². The van der Waals surface area contributed by atoms with Gasteiger partial charge in [-0.1, -0.05) is 137 Å². The molecule has 8 nitrogen and oxygen atoms in total. The third-order valence-corrected chi connectivity index (χ3v) is 8.08. The molecule has 0 unspecified atom stereocenters. The largest absolute Gasteiger partial charge is 0.469 e. The molecule has 0 radical (unpaired) electrons. The Morgan fingerprint density at radius 3 is 1.31 bits per heavy atom. The zero-order valence-corrected chi connectivity index (χ0v) is 33.1. The summed E-state index contributed by atoms with van der Waals surface area (Å²) in [5, 5.41) is 0. The van der Waals surface area contributed by atoms with Crippen LogP contribution in [0, 0.1) is 0 Å². The van der Waals surface area contributed by atoms with Gasteiger partial charge in [-0.25, -0.2) is 4.57 Å². The number of hydrogen-bond donors (Lipinski definition) is 2. The SMILES string of the molecule is CC/C=C/C/C=C/C/C=C/C/C=C/C/C=C/CCCCCC(=O)OC[C@H](COP(=O)(O)O)OC(=O)CCCCCCC/C=C/C/C=C/C/C=C/CC. The van der Waals surface area contributed by atoms with Gasteiger partial charge in [0.05, 0.1) is 6.61 Å². The summed E-state index contributed by atoms with van der Waals surface area (Å²) in [5.41, 5.74) is 0. The number of carbonyl (C=O) groups is 2. The fourth-order valence-electron chi connectivity index (χ4n) is 4.76. The standard InChI is InChI=1S/C43H69O8P/c1-3-5-7-9-11-13-15-17-19-20-21-22-24-25-27-29-31-33-35-37-42(44)49-39-41(40-50-52(46,47)48)51-43(45)38-36-34-32-30-28-26-23-18-16-14-12-10-8-6-4-2/h5-8,11-14,17-19,21-23,25,27,41H,3-4,9-10,15-16,20,24,26,28-40H2,1-2H3,(H2,46,47,48)/b7-5+,8-6+,13-11+,14-12+,19-17+,22-21+,23-18+,27-25+/t41-/m1/s1. The second-order valence-corrected chi connectivity index (χ2v) is 13.7. The summed E-state index contributed by atoms with van der Waals surface area (Å²) in [6.45, 7) is 3.39. The van der Waals surface area contributed by atoms with Crippen LogP contribution in [-0.2, 0) is 28.2 Å². The first kappa shape index (κ1) is 49.0. The van der Waals surface area contributed by atoms with Crippen LogP contribution in [0.15, 0.2) is 97.2 Å². The highest BCUT2D eigenvalue weighted by atomic mass is 31.2. The zero-order chi connectivity index (χ0) is 38.2. The number of rotatable bonds is 34. The molecule has 0 saturated carbocycles. The van der Waals surface area contributed by atoms with Crippen molar-refractivity contribution in [1.29, 1.82) is 0 Å². The first-order valence-corrected chi connectivity index (χ1v) is 21.1. The van der Waals surface area contributed by atoms with Crippen molar-refractivity contribution in [2.75, 3.05) is 13.2 Å². The smallest absolute Gasteiger partial charge is 0.462 e. The maximum atomic E-state index is 12.4. The lowest BCUT2D eigenvalue weighted by Crippen LogP contribution is -2.29. The summed E-state index contributed by atoms with van der Waals surface area (Å²) in [5.74, 6) is -0.954. The molecule has 0 spiro atoms. The summed E-state index contributed by atoms with van der Waals surface area (Å²) in [7, 11) is -4.77. The average Bonchev–Trinajstić information content (AvgIpc) is 3.11. The molecule has 0 amide bonds. The minimum absolute atomic E-state index is 0.178. The monoisotopic (exact) mass is 744 g/mol. The molecule has 0 rings (SSSR count). The molecule has 2 N–H and O–H groups in total. The Morgan fingerprint density at radius 1 is 0.500 bits per heavy atom. The Kier molecular flexibility index (Phi) is 35.5. The molecule has 0 saturated heterocycles. The summed E-state index contributed by atoms with van der Waals surface area (Å²) in [6, 6.07) is 0. The lowest BCUT2D eigenvalue weighted by molar-refractivity contribution is -0.161. The molecule has 0 aliphatic carbocycles. The average molecular weight is 745 g/mol. The molecule has 0 aromatic rings. The predicted molar refractivity (Wildman–Crippen MR) is 216 cm³/mol. The van der Waals surface area contributed by atoms with Gasteiger partial charge in [0.1, 0.15) is 6.61 Å². The van der Waals surface area contributed by atoms with Crippen molar-refractivity contribution in [2.24, 2.45) is 0 Å². The van der Waals surface area contributed by atoms with Gasteiger partial charge in [-0.2, -0.15) is 0 Å². The first-order valence-electron chi connectivity index (χ1n) is 19.5. The van der Waals surface area contributed by atoms with E-state index in [4.69, 9.17) is 19.3 Å². The number of unbranched alkanes of at least 4 members (excludes halogenated alkanes) is 8. The molecule has 9 heteroatoms. The maximum absolute atomic E-state index is 12.4. The van der Waals surface area contributed by atoms with E-state index in [2.05, 4.69) is 116 Å². The molecule has 0 aromatic carbocycles. The lowest BCUT2D eigenvalue weighted by Gasteiger charge is -2.18. The molecule has 1 atom stereocenters. The van der Waals surface area contributed by atoms with Gasteiger partial charge in [-0.05, 0) is 89.9 Å². The van der Waals surface area contributed by atoms with E-state index in [0.717, 1.165) is 103 Å². The molecule has 52 heavy (non-hydrogen) atoms. The van der Waals surface area contributed by atoms with Crippen molar-refractivity contribution in [2.45, 2.75) is 148 Å². The van der Waals surface area contributed by atoms with Crippen LogP contribution in [0.2, 0.25) is 0 Å². The Labute approximate surface area is 315 Å². The number of esters is 2. The molecule has 0 aromatic heterocycles. The molecule has 0 aliphatic heterocycles. The van der Waals surface area contributed by atoms with Crippen LogP contribution >= 0.6 is 7.82 Å². The fraction of sp³-hybridized carbons (Fsp3) is 0.581. The van der Waals surface area contributed by atoms with Crippen LogP contribution < -0.4 is 0 Å². The highest BCUT2D eigenvalue weighted by Gasteiger charge is 2.22. The lowest BCUT2D eigenvalue weighted by atomic mass is 10.1. The molecular weight excluding hydrogens is 675 g/mol. The molecule has 294 valence electrons. The molecule has 0 bridgehead atoms. The summed E-state index contributed by atoms with van der Waals surface area (Å²) < 4.78 is 26.3. The van der Waals surface area contributed by atoms with E-state index in [0.29, 0.717) is 12.8 Å². The third kappa shape index (κ3) is 39.8. The second kappa shape index (κ2) is 37.7. The number of carbonyl (C=O) groups excluding carboxylic acids is 2. The number of allylic oxidation sites excluding steroid dienone is 16. The molecular formula is C43H69O8P. The van der Waals surface area contributed by atoms with E-state index in [1.54, 1.807) is 0 Å². The van der Waals surface area contributed by atoms with Crippen molar-refractivity contribution < 1.29 is 37.9 Å². The highest BCUT2D eigenvalue weighted by Crippen LogP contribution is 2.36. The van der Waals surface area contributed by atoms with Crippen LogP contribution in [0.4, 0.5) is 0 Å². The maximum Gasteiger partial charge on any atom is 0.469 e. The van der Waals surface area contributed by atoms with Gasteiger partial charge in [0.2, 0.25) is 0 Å². The van der Waals surface area contributed by atoms with Crippen molar-refractivity contribution in [3.63, 3.8) is 0 Å². The Hall–Kier alpha value is -3.03. The van der Waals surface area contributed by atoms with Crippen LogP contribution in [0.3, 0.4) is 0 Å². The summed E-state index contributed by atoms with van der Waals surface area (Å²) in [4.78, 5) is 42.8. The third-order valence-electron chi connectivity index (χ3n) is 7.60. The number of phosphoric ester groups is 1. The zero-order valence-electron chi connectivity index (χ0n) is 32.2. The number of hydrogen-bond acceptors (Lipinski definition) is 6. The van der Waals surface area contributed by atoms with Gasteiger partial charge in [-0.3, -0.25) is 14.1 Å². The topological polar surface area (TPSA) is 119 Å². The number of phosphoric acid groups is 1. The quantitative estimate of drug-likeness (QED) is 0.0289. The summed E-state index contributed by atoms with van der Waals surface area (Å²) in [6.07, 6.45) is 51.2. The molecule has 0 fully saturated rings. The van der Waals surface area contributed by atoms with Gasteiger partial charge in [0.15, 0.2) is 6.10 Å².